The SMILES string of the molecule is O=C[C@H]1[C@@H](c2ccc(Br)cc2)[C@@H]1[N+](=O)[O-]. The largest absolute Gasteiger partial charge is 0.303 e. The number of benzene rings is 1. The third-order valence-electron chi connectivity index (χ3n) is 2.69. The van der Waals surface area contributed by atoms with Crippen molar-refractivity contribution in [3.05, 3.63) is 44.4 Å². The fourth-order valence-electron chi connectivity index (χ4n) is 1.86. The van der Waals surface area contributed by atoms with Crippen molar-refractivity contribution >= 4 is 22.2 Å². The van der Waals surface area contributed by atoms with E-state index in [9.17, 15) is 14.9 Å². The molecule has 1 fully saturated rings. The van der Waals surface area contributed by atoms with Crippen LogP contribution in [0.25, 0.3) is 0 Å². The van der Waals surface area contributed by atoms with Crippen LogP contribution >= 0.6 is 15.9 Å². The van der Waals surface area contributed by atoms with Crippen LogP contribution in [-0.2, 0) is 4.79 Å². The van der Waals surface area contributed by atoms with Crippen LogP contribution in [-0.4, -0.2) is 17.3 Å². The Morgan fingerprint density at radius 2 is 1.93 bits per heavy atom. The molecule has 0 radical (unpaired) electrons. The Labute approximate surface area is 94.6 Å². The van der Waals surface area contributed by atoms with Crippen LogP contribution in [0.3, 0.4) is 0 Å². The molecule has 0 saturated heterocycles. The van der Waals surface area contributed by atoms with Gasteiger partial charge in [0, 0.05) is 9.40 Å². The Balaban J connectivity index is 2.22. The highest BCUT2D eigenvalue weighted by Gasteiger charge is 2.61. The molecular weight excluding hydrogens is 262 g/mol. The second-order valence-corrected chi connectivity index (χ2v) is 4.48. The van der Waals surface area contributed by atoms with Crippen LogP contribution in [0, 0.1) is 16.0 Å². The maximum Gasteiger partial charge on any atom is 0.231 e. The molecule has 78 valence electrons. The fraction of sp³-hybridized carbons (Fsp3) is 0.300. The van der Waals surface area contributed by atoms with Crippen LogP contribution in [0.1, 0.15) is 11.5 Å². The lowest BCUT2D eigenvalue weighted by molar-refractivity contribution is -0.498. The highest BCUT2D eigenvalue weighted by molar-refractivity contribution is 9.10. The Morgan fingerprint density at radius 1 is 1.33 bits per heavy atom. The molecule has 0 bridgehead atoms. The molecular formula is C10H8BrNO3. The molecule has 0 aliphatic heterocycles. The lowest BCUT2D eigenvalue weighted by Crippen LogP contribution is -2.05. The molecule has 15 heavy (non-hydrogen) atoms. The van der Waals surface area contributed by atoms with E-state index in [1.165, 1.54) is 0 Å². The summed E-state index contributed by atoms with van der Waals surface area (Å²) in [6, 6.07) is 6.55. The van der Waals surface area contributed by atoms with Gasteiger partial charge in [-0.25, -0.2) is 0 Å². The summed E-state index contributed by atoms with van der Waals surface area (Å²) < 4.78 is 0.923. The molecule has 0 heterocycles. The van der Waals surface area contributed by atoms with Gasteiger partial charge in [0.05, 0.1) is 11.8 Å². The van der Waals surface area contributed by atoms with Crippen LogP contribution in [0.2, 0.25) is 0 Å². The summed E-state index contributed by atoms with van der Waals surface area (Å²) in [6.07, 6.45) is 0.681. The number of rotatable bonds is 3. The van der Waals surface area contributed by atoms with Crippen molar-refractivity contribution in [1.29, 1.82) is 0 Å². The minimum absolute atomic E-state index is 0.245. The summed E-state index contributed by atoms with van der Waals surface area (Å²) in [5, 5.41) is 10.6. The summed E-state index contributed by atoms with van der Waals surface area (Å²) in [6.45, 7) is 0. The Morgan fingerprint density at radius 3 is 2.33 bits per heavy atom. The fourth-order valence-corrected chi connectivity index (χ4v) is 2.12. The van der Waals surface area contributed by atoms with E-state index in [1.807, 2.05) is 24.3 Å². The van der Waals surface area contributed by atoms with Crippen LogP contribution in [0.15, 0.2) is 28.7 Å². The molecule has 1 aliphatic carbocycles. The molecule has 1 aromatic rings. The Hall–Kier alpha value is -1.23. The van der Waals surface area contributed by atoms with E-state index in [0.29, 0.717) is 6.29 Å². The number of aldehydes is 1. The first-order valence-electron chi connectivity index (χ1n) is 4.49. The lowest BCUT2D eigenvalue weighted by atomic mass is 10.1. The molecule has 0 amide bonds. The van der Waals surface area contributed by atoms with Gasteiger partial charge in [0.15, 0.2) is 0 Å². The molecule has 0 unspecified atom stereocenters. The molecule has 3 atom stereocenters. The summed E-state index contributed by atoms with van der Waals surface area (Å²) >= 11 is 3.29. The monoisotopic (exact) mass is 269 g/mol. The number of carbonyl (C=O) groups excluding carboxylic acids is 1. The van der Waals surface area contributed by atoms with E-state index >= 15 is 0 Å². The second-order valence-electron chi connectivity index (χ2n) is 3.57. The predicted octanol–water partition coefficient (Wildman–Crippen LogP) is 2.01. The lowest BCUT2D eigenvalue weighted by Gasteiger charge is -1.96. The number of carbonyl (C=O) groups is 1. The van der Waals surface area contributed by atoms with E-state index in [-0.39, 0.29) is 10.8 Å². The molecule has 5 heteroatoms. The zero-order chi connectivity index (χ0) is 11.0. The van der Waals surface area contributed by atoms with Crippen molar-refractivity contribution in [2.45, 2.75) is 12.0 Å². The molecule has 1 saturated carbocycles. The summed E-state index contributed by atoms with van der Waals surface area (Å²) in [5.74, 6) is -0.702. The van der Waals surface area contributed by atoms with Gasteiger partial charge in [-0.1, -0.05) is 28.1 Å². The van der Waals surface area contributed by atoms with Gasteiger partial charge in [0.2, 0.25) is 6.04 Å². The molecule has 1 aromatic carbocycles. The van der Waals surface area contributed by atoms with Crippen molar-refractivity contribution in [3.63, 3.8) is 0 Å². The van der Waals surface area contributed by atoms with E-state index in [0.717, 1.165) is 10.0 Å². The number of hydrogen-bond donors (Lipinski definition) is 0. The van der Waals surface area contributed by atoms with Gasteiger partial charge in [-0.05, 0) is 17.7 Å². The van der Waals surface area contributed by atoms with Crippen molar-refractivity contribution in [2.24, 2.45) is 5.92 Å². The van der Waals surface area contributed by atoms with Gasteiger partial charge >= 0.3 is 0 Å². The van der Waals surface area contributed by atoms with Crippen molar-refractivity contribution in [2.75, 3.05) is 0 Å². The van der Waals surface area contributed by atoms with Gasteiger partial charge in [0.1, 0.15) is 6.29 Å². The average Bonchev–Trinajstić information content (AvgIpc) is 2.93. The number of nitrogens with zero attached hydrogens (tertiary/aromatic N) is 1. The maximum absolute atomic E-state index is 10.6. The van der Waals surface area contributed by atoms with Crippen LogP contribution < -0.4 is 0 Å². The van der Waals surface area contributed by atoms with Gasteiger partial charge in [0.25, 0.3) is 0 Å². The third kappa shape index (κ3) is 1.79. The number of hydrogen-bond acceptors (Lipinski definition) is 3. The first kappa shape index (κ1) is 10.3. The highest BCUT2D eigenvalue weighted by Crippen LogP contribution is 2.48. The van der Waals surface area contributed by atoms with E-state index < -0.39 is 12.0 Å². The molecule has 0 N–H and O–H groups in total. The van der Waals surface area contributed by atoms with Gasteiger partial charge in [-0.2, -0.15) is 0 Å². The topological polar surface area (TPSA) is 60.2 Å². The Kier molecular flexibility index (Phi) is 2.56. The highest BCUT2D eigenvalue weighted by atomic mass is 79.9. The molecule has 1 aliphatic rings. The number of nitro groups is 1. The first-order valence-corrected chi connectivity index (χ1v) is 5.28. The van der Waals surface area contributed by atoms with E-state index in [1.54, 1.807) is 0 Å². The second kappa shape index (κ2) is 3.73. The summed E-state index contributed by atoms with van der Waals surface area (Å²) in [5.41, 5.74) is 0.858. The molecule has 2 rings (SSSR count). The van der Waals surface area contributed by atoms with E-state index in [2.05, 4.69) is 15.9 Å². The Bertz CT molecular complexity index is 404. The summed E-state index contributed by atoms with van der Waals surface area (Å²) in [4.78, 5) is 20.9. The standard InChI is InChI=1S/C10H8BrNO3/c11-7-3-1-6(2-4-7)9-8(5-13)10(9)12(14)15/h1-5,8-10H/t8-,9+,10+/m0/s1. The summed E-state index contributed by atoms with van der Waals surface area (Å²) in [7, 11) is 0. The van der Waals surface area contributed by atoms with Gasteiger partial charge < -0.3 is 4.79 Å². The quantitative estimate of drug-likeness (QED) is 0.479. The van der Waals surface area contributed by atoms with Crippen molar-refractivity contribution in [1.82, 2.24) is 0 Å². The zero-order valence-corrected chi connectivity index (χ0v) is 9.25. The first-order chi connectivity index (χ1) is 7.15. The van der Waals surface area contributed by atoms with Gasteiger partial charge in [-0.15, -0.1) is 0 Å². The maximum atomic E-state index is 10.6. The predicted molar refractivity (Wildman–Crippen MR) is 57.2 cm³/mol. The zero-order valence-electron chi connectivity index (χ0n) is 7.67. The minimum Gasteiger partial charge on any atom is -0.303 e. The van der Waals surface area contributed by atoms with Crippen molar-refractivity contribution < 1.29 is 9.72 Å². The van der Waals surface area contributed by atoms with Gasteiger partial charge in [-0.3, -0.25) is 10.1 Å². The molecule has 4 nitrogen and oxygen atoms in total. The van der Waals surface area contributed by atoms with Crippen molar-refractivity contribution in [3.8, 4) is 0 Å². The molecule has 0 spiro atoms. The third-order valence-corrected chi connectivity index (χ3v) is 3.22. The average molecular weight is 270 g/mol. The van der Waals surface area contributed by atoms with Crippen LogP contribution in [0.4, 0.5) is 0 Å². The minimum atomic E-state index is -0.733. The normalized spacial score (nSPS) is 28.5. The van der Waals surface area contributed by atoms with E-state index in [4.69, 9.17) is 0 Å². The molecule has 0 aromatic heterocycles. The number of halogens is 1. The van der Waals surface area contributed by atoms with Crippen LogP contribution in [0.5, 0.6) is 0 Å². The smallest absolute Gasteiger partial charge is 0.231 e.